The minimum Gasteiger partial charge on any atom is -0.141 e. The van der Waals surface area contributed by atoms with E-state index >= 15 is 0 Å². The van der Waals surface area contributed by atoms with Crippen molar-refractivity contribution in [2.45, 2.75) is 39.5 Å². The topological polar surface area (TPSA) is 0 Å². The molecule has 0 spiro atoms. The van der Waals surface area contributed by atoms with E-state index in [-0.39, 0.29) is 5.41 Å². The van der Waals surface area contributed by atoms with Gasteiger partial charge in [-0.25, -0.2) is 0 Å². The lowest BCUT2D eigenvalue weighted by Crippen LogP contribution is -2.10. The first-order valence-corrected chi connectivity index (χ1v) is 9.74. The van der Waals surface area contributed by atoms with Crippen molar-refractivity contribution in [1.82, 2.24) is 0 Å². The Labute approximate surface area is 154 Å². The highest BCUT2D eigenvalue weighted by molar-refractivity contribution is 7.13. The Hall–Kier alpha value is -2.12. The molecule has 0 unspecified atom stereocenters. The van der Waals surface area contributed by atoms with Crippen molar-refractivity contribution in [3.05, 3.63) is 81.0 Å². The minimum absolute atomic E-state index is 0.196. The Balaban J connectivity index is 1.74. The number of hydrogen-bond donors (Lipinski definition) is 0. The predicted octanol–water partition coefficient (Wildman–Crippen LogP) is 7.12. The monoisotopic (exact) mass is 344 g/mol. The third kappa shape index (κ3) is 3.09. The first kappa shape index (κ1) is 16.4. The van der Waals surface area contributed by atoms with Crippen molar-refractivity contribution in [3.8, 4) is 11.1 Å². The Morgan fingerprint density at radius 2 is 1.64 bits per heavy atom. The summed E-state index contributed by atoms with van der Waals surface area (Å²) in [5, 5.41) is 0. The maximum Gasteiger partial charge on any atom is 0.0308 e. The SMILES string of the molecule is Cc1ccc(C2=Cc3c(cccc3-c3ccc(C(C)(C)C)cc3)C2)s1. The summed E-state index contributed by atoms with van der Waals surface area (Å²) in [5.74, 6) is 0. The van der Waals surface area contributed by atoms with Crippen LogP contribution >= 0.6 is 11.3 Å². The fourth-order valence-corrected chi connectivity index (χ4v) is 4.42. The van der Waals surface area contributed by atoms with Crippen molar-refractivity contribution in [2.75, 3.05) is 0 Å². The molecule has 3 aromatic rings. The minimum atomic E-state index is 0.196. The van der Waals surface area contributed by atoms with Crippen molar-refractivity contribution < 1.29 is 0 Å². The fourth-order valence-electron chi connectivity index (χ4n) is 3.53. The largest absolute Gasteiger partial charge is 0.141 e. The van der Waals surface area contributed by atoms with Gasteiger partial charge in [0.15, 0.2) is 0 Å². The maximum absolute atomic E-state index is 2.40. The summed E-state index contributed by atoms with van der Waals surface area (Å²) in [6.45, 7) is 8.97. The van der Waals surface area contributed by atoms with Gasteiger partial charge in [0.1, 0.15) is 0 Å². The normalized spacial score (nSPS) is 13.7. The lowest BCUT2D eigenvalue weighted by atomic mass is 9.86. The Kier molecular flexibility index (Phi) is 3.92. The van der Waals surface area contributed by atoms with Gasteiger partial charge in [-0.1, -0.05) is 63.2 Å². The zero-order valence-electron chi connectivity index (χ0n) is 15.4. The molecule has 0 N–H and O–H groups in total. The highest BCUT2D eigenvalue weighted by Crippen LogP contribution is 2.39. The summed E-state index contributed by atoms with van der Waals surface area (Å²) in [5.41, 5.74) is 8.53. The molecule has 4 rings (SSSR count). The molecule has 0 radical (unpaired) electrons. The molecular weight excluding hydrogens is 320 g/mol. The molecule has 1 heteroatoms. The predicted molar refractivity (Wildman–Crippen MR) is 111 cm³/mol. The molecule has 0 saturated heterocycles. The zero-order valence-corrected chi connectivity index (χ0v) is 16.2. The first-order valence-electron chi connectivity index (χ1n) is 8.92. The highest BCUT2D eigenvalue weighted by atomic mass is 32.1. The van der Waals surface area contributed by atoms with Crippen LogP contribution in [0, 0.1) is 6.92 Å². The van der Waals surface area contributed by atoms with Crippen LogP contribution in [0.25, 0.3) is 22.8 Å². The number of thiophene rings is 1. The molecule has 2 aromatic carbocycles. The summed E-state index contributed by atoms with van der Waals surface area (Å²) >= 11 is 1.89. The summed E-state index contributed by atoms with van der Waals surface area (Å²) < 4.78 is 0. The summed E-state index contributed by atoms with van der Waals surface area (Å²) in [7, 11) is 0. The van der Waals surface area contributed by atoms with E-state index in [1.54, 1.807) is 0 Å². The van der Waals surface area contributed by atoms with E-state index in [0.29, 0.717) is 0 Å². The van der Waals surface area contributed by atoms with E-state index in [1.165, 1.54) is 43.1 Å². The third-order valence-electron chi connectivity index (χ3n) is 5.01. The van der Waals surface area contributed by atoms with Gasteiger partial charge in [-0.3, -0.25) is 0 Å². The molecule has 0 fully saturated rings. The molecule has 1 aromatic heterocycles. The number of hydrogen-bond acceptors (Lipinski definition) is 1. The molecule has 25 heavy (non-hydrogen) atoms. The summed E-state index contributed by atoms with van der Waals surface area (Å²) in [6.07, 6.45) is 3.44. The molecule has 0 amide bonds. The molecule has 0 saturated carbocycles. The van der Waals surface area contributed by atoms with Crippen molar-refractivity contribution in [2.24, 2.45) is 0 Å². The van der Waals surface area contributed by atoms with E-state index in [0.717, 1.165) is 6.42 Å². The van der Waals surface area contributed by atoms with Gasteiger partial charge in [0.2, 0.25) is 0 Å². The van der Waals surface area contributed by atoms with Crippen molar-refractivity contribution in [1.29, 1.82) is 0 Å². The molecule has 0 nitrogen and oxygen atoms in total. The van der Waals surface area contributed by atoms with Crippen molar-refractivity contribution in [3.63, 3.8) is 0 Å². The van der Waals surface area contributed by atoms with Crippen molar-refractivity contribution >= 4 is 23.0 Å². The van der Waals surface area contributed by atoms with Crippen LogP contribution in [0.1, 0.15) is 47.2 Å². The molecule has 1 aliphatic carbocycles. The van der Waals surface area contributed by atoms with Gasteiger partial charge in [-0.2, -0.15) is 0 Å². The van der Waals surface area contributed by atoms with Gasteiger partial charge < -0.3 is 0 Å². The van der Waals surface area contributed by atoms with Crippen LogP contribution in [-0.2, 0) is 11.8 Å². The zero-order chi connectivity index (χ0) is 17.6. The molecule has 0 atom stereocenters. The Morgan fingerprint density at radius 3 is 2.28 bits per heavy atom. The van der Waals surface area contributed by atoms with Gasteiger partial charge in [0.25, 0.3) is 0 Å². The number of rotatable bonds is 2. The van der Waals surface area contributed by atoms with E-state index in [9.17, 15) is 0 Å². The van der Waals surface area contributed by atoms with Gasteiger partial charge in [0, 0.05) is 9.75 Å². The van der Waals surface area contributed by atoms with Crippen LogP contribution in [0.3, 0.4) is 0 Å². The van der Waals surface area contributed by atoms with Crippen LogP contribution in [0.4, 0.5) is 0 Å². The number of fused-ring (bicyclic) bond motifs is 1. The number of allylic oxidation sites excluding steroid dienone is 1. The summed E-state index contributed by atoms with van der Waals surface area (Å²) in [4.78, 5) is 2.78. The lowest BCUT2D eigenvalue weighted by molar-refractivity contribution is 0.590. The average Bonchev–Trinajstić information content (AvgIpc) is 3.19. The van der Waals surface area contributed by atoms with E-state index in [1.807, 2.05) is 11.3 Å². The number of aryl methyl sites for hydroxylation is 1. The molecule has 1 aliphatic rings. The van der Waals surface area contributed by atoms with Gasteiger partial charge in [0.05, 0.1) is 0 Å². The average molecular weight is 345 g/mol. The molecule has 0 bridgehead atoms. The fraction of sp³-hybridized carbons (Fsp3) is 0.250. The molecule has 0 aliphatic heterocycles. The first-order chi connectivity index (χ1) is 11.9. The summed E-state index contributed by atoms with van der Waals surface area (Å²) in [6, 6.07) is 20.3. The second kappa shape index (κ2) is 6.00. The van der Waals surface area contributed by atoms with Gasteiger partial charge in [-0.15, -0.1) is 11.3 Å². The van der Waals surface area contributed by atoms with Crippen LogP contribution in [0.2, 0.25) is 0 Å². The van der Waals surface area contributed by atoms with E-state index in [2.05, 4.69) is 88.4 Å². The lowest BCUT2D eigenvalue weighted by Gasteiger charge is -2.19. The second-order valence-electron chi connectivity index (χ2n) is 7.96. The molecule has 1 heterocycles. The highest BCUT2D eigenvalue weighted by Gasteiger charge is 2.19. The van der Waals surface area contributed by atoms with Crippen LogP contribution < -0.4 is 0 Å². The molecular formula is C24H24S. The quantitative estimate of drug-likeness (QED) is 0.464. The van der Waals surface area contributed by atoms with E-state index < -0.39 is 0 Å². The van der Waals surface area contributed by atoms with Gasteiger partial charge >= 0.3 is 0 Å². The third-order valence-corrected chi connectivity index (χ3v) is 6.09. The van der Waals surface area contributed by atoms with Gasteiger partial charge in [-0.05, 0) is 70.4 Å². The number of benzene rings is 2. The van der Waals surface area contributed by atoms with Crippen LogP contribution in [0.15, 0.2) is 54.6 Å². The van der Waals surface area contributed by atoms with E-state index in [4.69, 9.17) is 0 Å². The Morgan fingerprint density at radius 1 is 0.880 bits per heavy atom. The van der Waals surface area contributed by atoms with Crippen LogP contribution in [-0.4, -0.2) is 0 Å². The molecule has 126 valence electrons. The Bertz CT molecular complexity index is 947. The maximum atomic E-state index is 2.40. The van der Waals surface area contributed by atoms with Crippen LogP contribution in [0.5, 0.6) is 0 Å². The second-order valence-corrected chi connectivity index (χ2v) is 9.25. The smallest absolute Gasteiger partial charge is 0.0308 e. The standard InChI is InChI=1S/C24H24S/c1-16-8-13-23(25-16)19-14-18-6-5-7-21(22(18)15-19)17-9-11-20(12-10-17)24(2,3)4/h5-13,15H,14H2,1-4H3.